The SMILES string of the molecule is O=C(CCc1nc2ccccc2[nH]1)N1CCCN(Cc2ccccn2)CC1. The average Bonchev–Trinajstić information content (AvgIpc) is 2.98. The van der Waals surface area contributed by atoms with Gasteiger partial charge in [-0.25, -0.2) is 4.98 Å². The van der Waals surface area contributed by atoms with E-state index in [0.29, 0.717) is 12.8 Å². The van der Waals surface area contributed by atoms with Crippen molar-refractivity contribution in [2.45, 2.75) is 25.8 Å². The molecule has 1 amide bonds. The van der Waals surface area contributed by atoms with Crippen LogP contribution in [0.3, 0.4) is 0 Å². The number of para-hydroxylation sites is 2. The van der Waals surface area contributed by atoms with Crippen LogP contribution < -0.4 is 0 Å². The summed E-state index contributed by atoms with van der Waals surface area (Å²) in [6.45, 7) is 4.36. The summed E-state index contributed by atoms with van der Waals surface area (Å²) in [5, 5.41) is 0. The number of aryl methyl sites for hydroxylation is 1. The highest BCUT2D eigenvalue weighted by Crippen LogP contribution is 2.13. The molecule has 0 unspecified atom stereocenters. The van der Waals surface area contributed by atoms with Crippen molar-refractivity contribution >= 4 is 16.9 Å². The Morgan fingerprint density at radius 1 is 1.04 bits per heavy atom. The van der Waals surface area contributed by atoms with Crippen LogP contribution in [0.4, 0.5) is 0 Å². The lowest BCUT2D eigenvalue weighted by Crippen LogP contribution is -2.35. The van der Waals surface area contributed by atoms with Gasteiger partial charge in [-0.15, -0.1) is 0 Å². The molecule has 6 nitrogen and oxygen atoms in total. The lowest BCUT2D eigenvalue weighted by molar-refractivity contribution is -0.131. The molecule has 0 radical (unpaired) electrons. The van der Waals surface area contributed by atoms with Crippen LogP contribution in [0.1, 0.15) is 24.4 Å². The first-order valence-electron chi connectivity index (χ1n) is 9.61. The van der Waals surface area contributed by atoms with E-state index in [1.54, 1.807) is 0 Å². The molecule has 4 rings (SSSR count). The monoisotopic (exact) mass is 363 g/mol. The topological polar surface area (TPSA) is 65.1 Å². The first kappa shape index (κ1) is 17.7. The molecule has 2 aromatic heterocycles. The van der Waals surface area contributed by atoms with Gasteiger partial charge in [0.05, 0.1) is 16.7 Å². The highest BCUT2D eigenvalue weighted by Gasteiger charge is 2.19. The van der Waals surface area contributed by atoms with E-state index >= 15 is 0 Å². The maximum Gasteiger partial charge on any atom is 0.223 e. The third-order valence-corrected chi connectivity index (χ3v) is 5.07. The molecule has 1 aliphatic rings. The second kappa shape index (κ2) is 8.31. The minimum Gasteiger partial charge on any atom is -0.342 e. The van der Waals surface area contributed by atoms with Crippen molar-refractivity contribution in [2.75, 3.05) is 26.2 Å². The van der Waals surface area contributed by atoms with Gasteiger partial charge >= 0.3 is 0 Å². The number of H-pyrrole nitrogens is 1. The molecule has 0 bridgehead atoms. The number of amides is 1. The summed E-state index contributed by atoms with van der Waals surface area (Å²) in [5.41, 5.74) is 3.07. The van der Waals surface area contributed by atoms with E-state index in [0.717, 1.165) is 61.7 Å². The number of nitrogens with one attached hydrogen (secondary N) is 1. The van der Waals surface area contributed by atoms with E-state index in [9.17, 15) is 4.79 Å². The summed E-state index contributed by atoms with van der Waals surface area (Å²) in [6, 6.07) is 14.0. The van der Waals surface area contributed by atoms with Gasteiger partial charge in [-0.2, -0.15) is 0 Å². The Labute approximate surface area is 159 Å². The largest absolute Gasteiger partial charge is 0.342 e. The minimum absolute atomic E-state index is 0.218. The van der Waals surface area contributed by atoms with Crippen molar-refractivity contribution in [1.82, 2.24) is 24.8 Å². The molecule has 0 saturated carbocycles. The molecule has 0 aliphatic carbocycles. The van der Waals surface area contributed by atoms with Crippen molar-refractivity contribution in [2.24, 2.45) is 0 Å². The van der Waals surface area contributed by atoms with Crippen LogP contribution >= 0.6 is 0 Å². The predicted octanol–water partition coefficient (Wildman–Crippen LogP) is 2.63. The van der Waals surface area contributed by atoms with E-state index in [1.807, 2.05) is 47.5 Å². The van der Waals surface area contributed by atoms with Gasteiger partial charge in [-0.1, -0.05) is 18.2 Å². The number of imidazole rings is 1. The highest BCUT2D eigenvalue weighted by molar-refractivity contribution is 5.77. The number of carbonyl (C=O) groups is 1. The van der Waals surface area contributed by atoms with Gasteiger partial charge in [0.2, 0.25) is 5.91 Å². The van der Waals surface area contributed by atoms with Crippen molar-refractivity contribution < 1.29 is 4.79 Å². The summed E-state index contributed by atoms with van der Waals surface area (Å²) in [4.78, 5) is 29.3. The average molecular weight is 363 g/mol. The Morgan fingerprint density at radius 3 is 2.78 bits per heavy atom. The van der Waals surface area contributed by atoms with E-state index in [1.165, 1.54) is 0 Å². The Balaban J connectivity index is 1.28. The number of nitrogens with zero attached hydrogens (tertiary/aromatic N) is 4. The Hall–Kier alpha value is -2.73. The maximum absolute atomic E-state index is 12.7. The maximum atomic E-state index is 12.7. The number of pyridine rings is 1. The second-order valence-electron chi connectivity index (χ2n) is 7.03. The number of hydrogen-bond donors (Lipinski definition) is 1. The zero-order valence-electron chi connectivity index (χ0n) is 15.5. The van der Waals surface area contributed by atoms with Crippen LogP contribution in [0.25, 0.3) is 11.0 Å². The fraction of sp³-hybridized carbons (Fsp3) is 0.381. The van der Waals surface area contributed by atoms with Crippen LogP contribution in [0.2, 0.25) is 0 Å². The third-order valence-electron chi connectivity index (χ3n) is 5.07. The van der Waals surface area contributed by atoms with E-state index in [-0.39, 0.29) is 5.91 Å². The molecule has 0 atom stereocenters. The number of hydrogen-bond acceptors (Lipinski definition) is 4. The number of benzene rings is 1. The summed E-state index contributed by atoms with van der Waals surface area (Å²) in [6.07, 6.45) is 3.99. The van der Waals surface area contributed by atoms with Crippen molar-refractivity contribution in [3.05, 3.63) is 60.2 Å². The molecule has 3 aromatic rings. The Morgan fingerprint density at radius 2 is 1.93 bits per heavy atom. The fourth-order valence-electron chi connectivity index (χ4n) is 3.61. The molecule has 1 aliphatic heterocycles. The molecule has 1 fully saturated rings. The zero-order chi connectivity index (χ0) is 18.5. The second-order valence-corrected chi connectivity index (χ2v) is 7.03. The summed E-state index contributed by atoms with van der Waals surface area (Å²) < 4.78 is 0. The number of aromatic amines is 1. The molecular weight excluding hydrogens is 338 g/mol. The molecule has 0 spiro atoms. The zero-order valence-corrected chi connectivity index (χ0v) is 15.5. The van der Waals surface area contributed by atoms with Gasteiger partial charge in [-0.05, 0) is 30.7 Å². The molecule has 1 N–H and O–H groups in total. The molecule has 140 valence electrons. The Kier molecular flexibility index (Phi) is 5.44. The molecule has 1 aromatic carbocycles. The highest BCUT2D eigenvalue weighted by atomic mass is 16.2. The molecule has 27 heavy (non-hydrogen) atoms. The minimum atomic E-state index is 0.218. The molecular formula is C21H25N5O. The quantitative estimate of drug-likeness (QED) is 0.757. The van der Waals surface area contributed by atoms with Crippen LogP contribution in [0.5, 0.6) is 0 Å². The first-order valence-corrected chi connectivity index (χ1v) is 9.61. The summed E-state index contributed by atoms with van der Waals surface area (Å²) in [5.74, 6) is 1.10. The normalized spacial score (nSPS) is 15.8. The fourth-order valence-corrected chi connectivity index (χ4v) is 3.61. The summed E-state index contributed by atoms with van der Waals surface area (Å²) >= 11 is 0. The number of aromatic nitrogens is 3. The molecule has 3 heterocycles. The van der Waals surface area contributed by atoms with Crippen LogP contribution in [0, 0.1) is 0 Å². The Bertz CT molecular complexity index is 859. The van der Waals surface area contributed by atoms with Crippen molar-refractivity contribution in [3.8, 4) is 0 Å². The van der Waals surface area contributed by atoms with Crippen LogP contribution in [0.15, 0.2) is 48.7 Å². The van der Waals surface area contributed by atoms with E-state index in [4.69, 9.17) is 0 Å². The van der Waals surface area contributed by atoms with Crippen LogP contribution in [-0.4, -0.2) is 56.8 Å². The van der Waals surface area contributed by atoms with Crippen molar-refractivity contribution in [3.63, 3.8) is 0 Å². The van der Waals surface area contributed by atoms with E-state index in [2.05, 4.69) is 25.9 Å². The number of rotatable bonds is 5. The summed E-state index contributed by atoms with van der Waals surface area (Å²) in [7, 11) is 0. The van der Waals surface area contributed by atoms with E-state index < -0.39 is 0 Å². The first-order chi connectivity index (χ1) is 13.3. The van der Waals surface area contributed by atoms with Gasteiger partial charge in [0.1, 0.15) is 5.82 Å². The third kappa shape index (κ3) is 4.52. The molecule has 1 saturated heterocycles. The van der Waals surface area contributed by atoms with Gasteiger partial charge in [0.25, 0.3) is 0 Å². The number of fused-ring (bicyclic) bond motifs is 1. The van der Waals surface area contributed by atoms with Gasteiger partial charge in [0, 0.05) is 51.8 Å². The smallest absolute Gasteiger partial charge is 0.223 e. The predicted molar refractivity (Wildman–Crippen MR) is 105 cm³/mol. The van der Waals surface area contributed by atoms with Gasteiger partial charge < -0.3 is 9.88 Å². The molecule has 6 heteroatoms. The standard InChI is InChI=1S/C21H25N5O/c27-21(10-9-20-23-18-7-1-2-8-19(18)24-20)26-13-5-12-25(14-15-26)16-17-6-3-4-11-22-17/h1-4,6-8,11H,5,9-10,12-16H2,(H,23,24). The lowest BCUT2D eigenvalue weighted by Gasteiger charge is -2.21. The van der Waals surface area contributed by atoms with Gasteiger partial charge in [-0.3, -0.25) is 14.7 Å². The number of carbonyl (C=O) groups excluding carboxylic acids is 1. The lowest BCUT2D eigenvalue weighted by atomic mass is 10.2. The van der Waals surface area contributed by atoms with Crippen LogP contribution in [-0.2, 0) is 17.8 Å². The van der Waals surface area contributed by atoms with Gasteiger partial charge in [0.15, 0.2) is 0 Å². The van der Waals surface area contributed by atoms with Crippen molar-refractivity contribution in [1.29, 1.82) is 0 Å².